The van der Waals surface area contributed by atoms with Crippen molar-refractivity contribution in [3.63, 3.8) is 0 Å². The summed E-state index contributed by atoms with van der Waals surface area (Å²) in [7, 11) is 8.80. The maximum Gasteiger partial charge on any atom is 0.0245 e. The third kappa shape index (κ3) is 6.49. The molecule has 0 aromatic heterocycles. The molecule has 2 heteroatoms. The van der Waals surface area contributed by atoms with Gasteiger partial charge < -0.3 is 9.80 Å². The van der Waals surface area contributed by atoms with E-state index in [-0.39, 0.29) is 0 Å². The van der Waals surface area contributed by atoms with Crippen LogP contribution in [0.15, 0.2) is 0 Å². The van der Waals surface area contributed by atoms with E-state index in [1.807, 2.05) is 27.7 Å². The summed E-state index contributed by atoms with van der Waals surface area (Å²) in [5, 5.41) is 0. The average molecular weight is 230 g/mol. The fourth-order valence-electron chi connectivity index (χ4n) is 2.30. The van der Waals surface area contributed by atoms with Crippen molar-refractivity contribution in [1.82, 2.24) is 9.80 Å². The minimum atomic E-state index is 0.772. The van der Waals surface area contributed by atoms with Crippen LogP contribution in [0.3, 0.4) is 0 Å². The molecule has 0 N–H and O–H groups in total. The molecule has 1 saturated carbocycles. The van der Waals surface area contributed by atoms with Crippen LogP contribution in [0.5, 0.6) is 0 Å². The first kappa shape index (κ1) is 18.3. The predicted octanol–water partition coefficient (Wildman–Crippen LogP) is 3.47. The van der Waals surface area contributed by atoms with Crippen LogP contribution in [0, 0.1) is 0 Å². The van der Waals surface area contributed by atoms with Gasteiger partial charge in [-0.1, -0.05) is 40.5 Å². The number of rotatable bonds is 2. The molecule has 100 valence electrons. The lowest BCUT2D eigenvalue weighted by atomic mass is 9.89. The van der Waals surface area contributed by atoms with Gasteiger partial charge in [0.05, 0.1) is 0 Å². The molecule has 0 heterocycles. The van der Waals surface area contributed by atoms with E-state index in [0.29, 0.717) is 0 Å². The highest BCUT2D eigenvalue weighted by atomic mass is 15.2. The van der Waals surface area contributed by atoms with Crippen molar-refractivity contribution in [2.24, 2.45) is 0 Å². The summed E-state index contributed by atoms with van der Waals surface area (Å²) < 4.78 is 0. The smallest absolute Gasteiger partial charge is 0.0245 e. The van der Waals surface area contributed by atoms with Crippen molar-refractivity contribution >= 4 is 0 Å². The first-order valence-corrected chi connectivity index (χ1v) is 6.96. The number of hydrogen-bond donors (Lipinski definition) is 0. The molecule has 0 saturated heterocycles. The Bertz CT molecular complexity index is 117. The van der Waals surface area contributed by atoms with Gasteiger partial charge in [0, 0.05) is 12.1 Å². The average Bonchev–Trinajstić information content (AvgIpc) is 2.34. The standard InChI is InChI=1S/C10H22N2.2C2H6/c1-11(2)9-7-5-6-8-10(9)12(3)4;2*1-2/h9-10H,5-8H2,1-4H3;2*1-2H3. The Morgan fingerprint density at radius 1 is 0.625 bits per heavy atom. The summed E-state index contributed by atoms with van der Waals surface area (Å²) in [6.07, 6.45) is 5.56. The second-order valence-corrected chi connectivity index (χ2v) is 4.35. The Kier molecular flexibility index (Phi) is 13.0. The molecule has 0 aromatic rings. The predicted molar refractivity (Wildman–Crippen MR) is 76.1 cm³/mol. The van der Waals surface area contributed by atoms with Crippen molar-refractivity contribution in [2.45, 2.75) is 65.5 Å². The summed E-state index contributed by atoms with van der Waals surface area (Å²) >= 11 is 0. The minimum absolute atomic E-state index is 0.772. The van der Waals surface area contributed by atoms with E-state index in [1.54, 1.807) is 0 Å². The van der Waals surface area contributed by atoms with Gasteiger partial charge in [-0.2, -0.15) is 0 Å². The van der Waals surface area contributed by atoms with Gasteiger partial charge in [0.25, 0.3) is 0 Å². The molecule has 2 unspecified atom stereocenters. The lowest BCUT2D eigenvalue weighted by Crippen LogP contribution is -2.48. The fraction of sp³-hybridized carbons (Fsp3) is 1.00. The molecule has 0 bridgehead atoms. The lowest BCUT2D eigenvalue weighted by molar-refractivity contribution is 0.110. The Morgan fingerprint density at radius 3 is 1.06 bits per heavy atom. The number of likely N-dealkylation sites (N-methyl/N-ethyl adjacent to an activating group) is 2. The molecule has 0 amide bonds. The van der Waals surface area contributed by atoms with Crippen molar-refractivity contribution in [1.29, 1.82) is 0 Å². The highest BCUT2D eigenvalue weighted by Crippen LogP contribution is 2.24. The van der Waals surface area contributed by atoms with Gasteiger partial charge in [0.2, 0.25) is 0 Å². The summed E-state index contributed by atoms with van der Waals surface area (Å²) in [5.41, 5.74) is 0. The van der Waals surface area contributed by atoms with Gasteiger partial charge in [0.15, 0.2) is 0 Å². The van der Waals surface area contributed by atoms with Crippen LogP contribution >= 0.6 is 0 Å². The van der Waals surface area contributed by atoms with Gasteiger partial charge >= 0.3 is 0 Å². The maximum absolute atomic E-state index is 2.38. The van der Waals surface area contributed by atoms with Gasteiger partial charge in [0.1, 0.15) is 0 Å². The van der Waals surface area contributed by atoms with Gasteiger partial charge in [-0.15, -0.1) is 0 Å². The zero-order valence-electron chi connectivity index (χ0n) is 12.9. The molecule has 1 aliphatic rings. The van der Waals surface area contributed by atoms with Crippen LogP contribution in [-0.2, 0) is 0 Å². The van der Waals surface area contributed by atoms with Crippen LogP contribution in [0.2, 0.25) is 0 Å². The van der Waals surface area contributed by atoms with Crippen molar-refractivity contribution in [3.8, 4) is 0 Å². The van der Waals surface area contributed by atoms with Gasteiger partial charge in [-0.05, 0) is 41.0 Å². The number of nitrogens with zero attached hydrogens (tertiary/aromatic N) is 2. The van der Waals surface area contributed by atoms with Crippen LogP contribution in [-0.4, -0.2) is 50.1 Å². The zero-order valence-corrected chi connectivity index (χ0v) is 12.9. The van der Waals surface area contributed by atoms with Crippen LogP contribution in [0.1, 0.15) is 53.4 Å². The SMILES string of the molecule is CC.CC.CN(C)C1CCCCC1N(C)C. The highest BCUT2D eigenvalue weighted by molar-refractivity contribution is 4.85. The molecule has 1 aliphatic carbocycles. The Morgan fingerprint density at radius 2 is 0.875 bits per heavy atom. The lowest BCUT2D eigenvalue weighted by Gasteiger charge is -2.39. The molecular formula is C14H34N2. The topological polar surface area (TPSA) is 6.48 Å². The van der Waals surface area contributed by atoms with E-state index >= 15 is 0 Å². The van der Waals surface area contributed by atoms with E-state index in [2.05, 4.69) is 38.0 Å². The first-order chi connectivity index (χ1) is 7.63. The third-order valence-electron chi connectivity index (χ3n) is 3.02. The summed E-state index contributed by atoms with van der Waals surface area (Å²) in [6, 6.07) is 1.54. The molecule has 0 aromatic carbocycles. The van der Waals surface area contributed by atoms with E-state index < -0.39 is 0 Å². The maximum atomic E-state index is 2.38. The molecule has 0 radical (unpaired) electrons. The van der Waals surface area contributed by atoms with E-state index in [1.165, 1.54) is 25.7 Å². The minimum Gasteiger partial charge on any atom is -0.305 e. The summed E-state index contributed by atoms with van der Waals surface area (Å²) in [5.74, 6) is 0. The van der Waals surface area contributed by atoms with Crippen LogP contribution in [0.25, 0.3) is 0 Å². The largest absolute Gasteiger partial charge is 0.305 e. The van der Waals surface area contributed by atoms with E-state index in [9.17, 15) is 0 Å². The third-order valence-corrected chi connectivity index (χ3v) is 3.02. The van der Waals surface area contributed by atoms with E-state index in [0.717, 1.165) is 12.1 Å². The Labute approximate surface area is 104 Å². The van der Waals surface area contributed by atoms with Crippen LogP contribution in [0.4, 0.5) is 0 Å². The molecule has 2 nitrogen and oxygen atoms in total. The summed E-state index contributed by atoms with van der Waals surface area (Å²) in [6.45, 7) is 8.00. The summed E-state index contributed by atoms with van der Waals surface area (Å²) in [4.78, 5) is 4.76. The zero-order chi connectivity index (χ0) is 13.1. The molecular weight excluding hydrogens is 196 g/mol. The highest BCUT2D eigenvalue weighted by Gasteiger charge is 2.27. The second-order valence-electron chi connectivity index (χ2n) is 4.35. The van der Waals surface area contributed by atoms with Gasteiger partial charge in [-0.25, -0.2) is 0 Å². The van der Waals surface area contributed by atoms with Crippen LogP contribution < -0.4 is 0 Å². The molecule has 1 rings (SSSR count). The molecule has 2 atom stereocenters. The van der Waals surface area contributed by atoms with Crippen molar-refractivity contribution in [2.75, 3.05) is 28.2 Å². The van der Waals surface area contributed by atoms with Gasteiger partial charge in [-0.3, -0.25) is 0 Å². The first-order valence-electron chi connectivity index (χ1n) is 6.96. The molecule has 1 fully saturated rings. The normalized spacial score (nSPS) is 24.4. The quantitative estimate of drug-likeness (QED) is 0.717. The number of hydrogen-bond acceptors (Lipinski definition) is 2. The Hall–Kier alpha value is -0.0800. The monoisotopic (exact) mass is 230 g/mol. The molecule has 0 spiro atoms. The molecule has 16 heavy (non-hydrogen) atoms. The van der Waals surface area contributed by atoms with Crippen molar-refractivity contribution < 1.29 is 0 Å². The second kappa shape index (κ2) is 11.4. The Balaban J connectivity index is 0. The molecule has 0 aliphatic heterocycles. The van der Waals surface area contributed by atoms with Crippen molar-refractivity contribution in [3.05, 3.63) is 0 Å². The fourth-order valence-corrected chi connectivity index (χ4v) is 2.30. The van der Waals surface area contributed by atoms with E-state index in [4.69, 9.17) is 0 Å².